The Morgan fingerprint density at radius 2 is 1.79 bits per heavy atom. The molecule has 2 rings (SSSR count). The van der Waals surface area contributed by atoms with E-state index in [1.807, 2.05) is 19.9 Å². The van der Waals surface area contributed by atoms with Gasteiger partial charge in [0.1, 0.15) is 23.8 Å². The molecule has 0 saturated carbocycles. The normalized spacial score (nSPS) is 10.3. The summed E-state index contributed by atoms with van der Waals surface area (Å²) in [7, 11) is 0. The minimum atomic E-state index is -0.214. The van der Waals surface area contributed by atoms with Crippen LogP contribution in [0.25, 0.3) is 0 Å². The second kappa shape index (κ2) is 6.13. The maximum Gasteiger partial charge on any atom is 0.134 e. The summed E-state index contributed by atoms with van der Waals surface area (Å²) in [6, 6.07) is 6.70. The third-order valence-electron chi connectivity index (χ3n) is 2.83. The summed E-state index contributed by atoms with van der Waals surface area (Å²) in [5.74, 6) is 1.30. The molecule has 2 N–H and O–H groups in total. The van der Waals surface area contributed by atoms with Crippen LogP contribution >= 0.6 is 0 Å². The van der Waals surface area contributed by atoms with Gasteiger partial charge in [0.2, 0.25) is 0 Å². The highest BCUT2D eigenvalue weighted by Crippen LogP contribution is 2.19. The highest BCUT2D eigenvalue weighted by Gasteiger charge is 2.07. The molecule has 0 atom stereocenters. The number of anilines is 2. The number of nitrogens with zero attached hydrogens (tertiary/aromatic N) is 2. The second-order valence-electron chi connectivity index (χ2n) is 4.17. The Balaban J connectivity index is 2.12. The lowest BCUT2D eigenvalue weighted by Crippen LogP contribution is -2.08. The van der Waals surface area contributed by atoms with Crippen LogP contribution in [0.3, 0.4) is 0 Å². The van der Waals surface area contributed by atoms with E-state index >= 15 is 0 Å². The molecule has 0 amide bonds. The highest BCUT2D eigenvalue weighted by atomic mass is 19.1. The molecule has 0 spiro atoms. The average molecular weight is 260 g/mol. The minimum Gasteiger partial charge on any atom is -0.370 e. The minimum absolute atomic E-state index is 0.214. The van der Waals surface area contributed by atoms with E-state index in [1.54, 1.807) is 12.1 Å². The van der Waals surface area contributed by atoms with Crippen LogP contribution in [-0.2, 0) is 6.54 Å². The Bertz CT molecular complexity index is 557. The molecule has 0 bridgehead atoms. The van der Waals surface area contributed by atoms with Crippen molar-refractivity contribution in [3.63, 3.8) is 0 Å². The van der Waals surface area contributed by atoms with Crippen LogP contribution < -0.4 is 10.6 Å². The van der Waals surface area contributed by atoms with Gasteiger partial charge in [0.05, 0.1) is 0 Å². The van der Waals surface area contributed by atoms with Crippen molar-refractivity contribution in [1.82, 2.24) is 9.97 Å². The average Bonchev–Trinajstić information content (AvgIpc) is 2.42. The lowest BCUT2D eigenvalue weighted by Gasteiger charge is -2.12. The van der Waals surface area contributed by atoms with Crippen LogP contribution in [0.15, 0.2) is 30.6 Å². The van der Waals surface area contributed by atoms with Gasteiger partial charge in [-0.05, 0) is 19.9 Å². The molecule has 1 aromatic carbocycles. The van der Waals surface area contributed by atoms with Gasteiger partial charge in [-0.15, -0.1) is 0 Å². The van der Waals surface area contributed by atoms with E-state index in [0.29, 0.717) is 17.9 Å². The molecule has 100 valence electrons. The van der Waals surface area contributed by atoms with Gasteiger partial charge in [-0.3, -0.25) is 0 Å². The van der Waals surface area contributed by atoms with Gasteiger partial charge in [-0.1, -0.05) is 18.2 Å². The van der Waals surface area contributed by atoms with Crippen LogP contribution in [0.5, 0.6) is 0 Å². The summed E-state index contributed by atoms with van der Waals surface area (Å²) in [5.41, 5.74) is 1.55. The molecule has 4 nitrogen and oxygen atoms in total. The van der Waals surface area contributed by atoms with Gasteiger partial charge in [-0.25, -0.2) is 14.4 Å². The van der Waals surface area contributed by atoms with Crippen molar-refractivity contribution < 1.29 is 4.39 Å². The van der Waals surface area contributed by atoms with Gasteiger partial charge in [0.15, 0.2) is 0 Å². The zero-order valence-corrected chi connectivity index (χ0v) is 11.1. The van der Waals surface area contributed by atoms with Gasteiger partial charge < -0.3 is 10.6 Å². The summed E-state index contributed by atoms with van der Waals surface area (Å²) in [6.45, 7) is 5.14. The Morgan fingerprint density at radius 1 is 1.11 bits per heavy atom. The molecular formula is C14H17FN4. The van der Waals surface area contributed by atoms with E-state index in [4.69, 9.17) is 0 Å². The van der Waals surface area contributed by atoms with E-state index in [0.717, 1.165) is 17.9 Å². The van der Waals surface area contributed by atoms with E-state index in [2.05, 4.69) is 20.6 Å². The lowest BCUT2D eigenvalue weighted by atomic mass is 10.2. The van der Waals surface area contributed by atoms with Crippen LogP contribution in [0.4, 0.5) is 16.0 Å². The van der Waals surface area contributed by atoms with Gasteiger partial charge in [0, 0.05) is 24.2 Å². The first-order valence-electron chi connectivity index (χ1n) is 6.25. The molecule has 0 saturated heterocycles. The third-order valence-corrected chi connectivity index (χ3v) is 2.83. The monoisotopic (exact) mass is 260 g/mol. The molecular weight excluding hydrogens is 243 g/mol. The van der Waals surface area contributed by atoms with Crippen molar-refractivity contribution >= 4 is 11.6 Å². The van der Waals surface area contributed by atoms with Crippen molar-refractivity contribution in [2.45, 2.75) is 20.4 Å². The Kier molecular flexibility index (Phi) is 4.28. The number of hydrogen-bond acceptors (Lipinski definition) is 4. The van der Waals surface area contributed by atoms with Crippen LogP contribution in [-0.4, -0.2) is 16.5 Å². The standard InChI is InChI=1S/C14H17FN4/c1-3-16-13-10(2)14(19-9-18-13)17-8-11-6-4-5-7-12(11)15/h4-7,9H,3,8H2,1-2H3,(H2,16,17,18,19). The number of aromatic nitrogens is 2. The predicted octanol–water partition coefficient (Wildman–Crippen LogP) is 2.97. The Labute approximate surface area is 112 Å². The molecule has 0 unspecified atom stereocenters. The Morgan fingerprint density at radius 3 is 2.47 bits per heavy atom. The summed E-state index contributed by atoms with van der Waals surface area (Å²) < 4.78 is 13.5. The number of rotatable bonds is 5. The first-order chi connectivity index (χ1) is 9.22. The fraction of sp³-hybridized carbons (Fsp3) is 0.286. The number of nitrogens with one attached hydrogen (secondary N) is 2. The molecule has 5 heteroatoms. The quantitative estimate of drug-likeness (QED) is 0.867. The van der Waals surface area contributed by atoms with E-state index in [-0.39, 0.29) is 5.82 Å². The highest BCUT2D eigenvalue weighted by molar-refractivity contribution is 5.56. The van der Waals surface area contributed by atoms with E-state index in [9.17, 15) is 4.39 Å². The molecule has 1 heterocycles. The van der Waals surface area contributed by atoms with Crippen LogP contribution in [0.2, 0.25) is 0 Å². The Hall–Kier alpha value is -2.17. The number of halogens is 1. The van der Waals surface area contributed by atoms with Crippen molar-refractivity contribution in [2.75, 3.05) is 17.2 Å². The zero-order valence-electron chi connectivity index (χ0n) is 11.1. The van der Waals surface area contributed by atoms with Crippen molar-refractivity contribution in [3.05, 3.63) is 47.5 Å². The number of hydrogen-bond donors (Lipinski definition) is 2. The topological polar surface area (TPSA) is 49.8 Å². The molecule has 19 heavy (non-hydrogen) atoms. The van der Waals surface area contributed by atoms with Gasteiger partial charge in [-0.2, -0.15) is 0 Å². The fourth-order valence-electron chi connectivity index (χ4n) is 1.79. The maximum atomic E-state index is 13.5. The van der Waals surface area contributed by atoms with Gasteiger partial charge in [0.25, 0.3) is 0 Å². The molecule has 0 fully saturated rings. The molecule has 0 aliphatic rings. The van der Waals surface area contributed by atoms with Crippen molar-refractivity contribution in [1.29, 1.82) is 0 Å². The smallest absolute Gasteiger partial charge is 0.134 e. The maximum absolute atomic E-state index is 13.5. The van der Waals surface area contributed by atoms with Gasteiger partial charge >= 0.3 is 0 Å². The third kappa shape index (κ3) is 3.19. The first-order valence-corrected chi connectivity index (χ1v) is 6.25. The zero-order chi connectivity index (χ0) is 13.7. The van der Waals surface area contributed by atoms with Crippen molar-refractivity contribution in [3.8, 4) is 0 Å². The summed E-state index contributed by atoms with van der Waals surface area (Å²) >= 11 is 0. The fourth-order valence-corrected chi connectivity index (χ4v) is 1.79. The van der Waals surface area contributed by atoms with Crippen molar-refractivity contribution in [2.24, 2.45) is 0 Å². The molecule has 1 aromatic heterocycles. The number of benzene rings is 1. The lowest BCUT2D eigenvalue weighted by molar-refractivity contribution is 0.613. The molecule has 2 aromatic rings. The largest absolute Gasteiger partial charge is 0.370 e. The van der Waals surface area contributed by atoms with E-state index in [1.165, 1.54) is 12.4 Å². The summed E-state index contributed by atoms with van der Waals surface area (Å²) in [6.07, 6.45) is 1.49. The van der Waals surface area contributed by atoms with Crippen LogP contribution in [0.1, 0.15) is 18.1 Å². The van der Waals surface area contributed by atoms with E-state index < -0.39 is 0 Å². The molecule has 0 aliphatic carbocycles. The van der Waals surface area contributed by atoms with Crippen LogP contribution in [0, 0.1) is 12.7 Å². The molecule has 0 aliphatic heterocycles. The SMILES string of the molecule is CCNc1ncnc(NCc2ccccc2F)c1C. The summed E-state index contributed by atoms with van der Waals surface area (Å²) in [4.78, 5) is 8.35. The second-order valence-corrected chi connectivity index (χ2v) is 4.17. The molecule has 0 radical (unpaired) electrons. The predicted molar refractivity (Wildman–Crippen MR) is 74.7 cm³/mol. The summed E-state index contributed by atoms with van der Waals surface area (Å²) in [5, 5.41) is 6.30. The first kappa shape index (κ1) is 13.3.